The highest BCUT2D eigenvalue weighted by molar-refractivity contribution is 7.81. The molecular weight excluding hydrogens is 513 g/mol. The van der Waals surface area contributed by atoms with Gasteiger partial charge in [-0.2, -0.15) is 18.4 Å². The number of hydrogen-bond donors (Lipinski definition) is 0. The minimum absolute atomic E-state index is 0.0883. The summed E-state index contributed by atoms with van der Waals surface area (Å²) in [5.41, 5.74) is -1.12. The molecule has 196 valence electrons. The number of alkyl halides is 3. The number of benzene rings is 1. The molecule has 1 amide bonds. The number of carbonyl (C=O) groups excluding carboxylic acids is 1. The van der Waals surface area contributed by atoms with Crippen LogP contribution >= 0.6 is 12.2 Å². The lowest BCUT2D eigenvalue weighted by atomic mass is 9.75. The van der Waals surface area contributed by atoms with Crippen LogP contribution in [-0.4, -0.2) is 51.1 Å². The van der Waals surface area contributed by atoms with E-state index in [0.29, 0.717) is 18.9 Å². The van der Waals surface area contributed by atoms with Gasteiger partial charge in [-0.25, -0.2) is 4.98 Å². The Morgan fingerprint density at radius 1 is 1.13 bits per heavy atom. The molecule has 0 radical (unpaired) electrons. The van der Waals surface area contributed by atoms with Crippen molar-refractivity contribution < 1.29 is 18.0 Å². The molecule has 1 saturated carbocycles. The summed E-state index contributed by atoms with van der Waals surface area (Å²) in [5.74, 6) is -0.364. The summed E-state index contributed by atoms with van der Waals surface area (Å²) in [6.45, 7) is 2.09. The number of rotatable bonds is 3. The number of carbonyl (C=O) groups is 1. The van der Waals surface area contributed by atoms with Crippen molar-refractivity contribution in [3.8, 4) is 6.07 Å². The molecule has 7 nitrogen and oxygen atoms in total. The van der Waals surface area contributed by atoms with Crippen LogP contribution in [-0.2, 0) is 11.0 Å². The Bertz CT molecular complexity index is 1500. The number of nitriles is 1. The first kappa shape index (κ1) is 24.8. The predicted octanol–water partition coefficient (Wildman–Crippen LogP) is 5.25. The van der Waals surface area contributed by atoms with Gasteiger partial charge in [-0.1, -0.05) is 0 Å². The quantitative estimate of drug-likeness (QED) is 0.424. The molecule has 0 bridgehead atoms. The lowest BCUT2D eigenvalue weighted by Gasteiger charge is -2.43. The number of pyridine rings is 1. The van der Waals surface area contributed by atoms with Crippen LogP contribution in [0, 0.1) is 11.3 Å². The largest absolute Gasteiger partial charge is 0.419 e. The van der Waals surface area contributed by atoms with Gasteiger partial charge in [0.2, 0.25) is 0 Å². The summed E-state index contributed by atoms with van der Waals surface area (Å²) in [5, 5.41) is 10.2. The minimum Gasteiger partial charge on any atom is -0.344 e. The first-order valence-corrected chi connectivity index (χ1v) is 13.0. The smallest absolute Gasteiger partial charge is 0.344 e. The highest BCUT2D eigenvalue weighted by Gasteiger charge is 2.59. The van der Waals surface area contributed by atoms with Crippen molar-refractivity contribution in [2.24, 2.45) is 0 Å². The number of nitrogens with zero attached hydrogens (tertiary/aromatic N) is 6. The molecule has 0 unspecified atom stereocenters. The van der Waals surface area contributed by atoms with E-state index in [1.54, 1.807) is 4.90 Å². The summed E-state index contributed by atoms with van der Waals surface area (Å²) >= 11 is 5.74. The molecular formula is C27H25F3N6OS. The van der Waals surface area contributed by atoms with Crippen molar-refractivity contribution in [2.75, 3.05) is 29.9 Å². The van der Waals surface area contributed by atoms with E-state index in [2.05, 4.69) is 33.8 Å². The zero-order valence-electron chi connectivity index (χ0n) is 20.7. The predicted molar refractivity (Wildman–Crippen MR) is 141 cm³/mol. The number of aromatic nitrogens is 2. The van der Waals surface area contributed by atoms with E-state index >= 15 is 0 Å². The molecule has 1 spiro atoms. The Kier molecular flexibility index (Phi) is 5.74. The molecule has 2 aliphatic heterocycles. The maximum Gasteiger partial charge on any atom is 0.419 e. The van der Waals surface area contributed by atoms with Crippen LogP contribution in [0.1, 0.15) is 49.4 Å². The van der Waals surface area contributed by atoms with E-state index in [0.717, 1.165) is 66.1 Å². The molecule has 1 aliphatic carbocycles. The number of likely N-dealkylation sites (tertiary alicyclic amines) is 1. The van der Waals surface area contributed by atoms with Crippen molar-refractivity contribution in [1.82, 2.24) is 14.5 Å². The van der Waals surface area contributed by atoms with E-state index in [1.807, 2.05) is 18.2 Å². The zero-order valence-corrected chi connectivity index (χ0v) is 21.5. The van der Waals surface area contributed by atoms with Gasteiger partial charge in [0.15, 0.2) is 10.8 Å². The highest BCUT2D eigenvalue weighted by atomic mass is 32.1. The van der Waals surface area contributed by atoms with Crippen LogP contribution in [0.4, 0.5) is 24.5 Å². The molecule has 1 aromatic carbocycles. The maximum absolute atomic E-state index is 13.7. The zero-order chi connectivity index (χ0) is 26.8. The van der Waals surface area contributed by atoms with Crippen LogP contribution < -0.4 is 9.80 Å². The normalized spacial score (nSPS) is 20.4. The van der Waals surface area contributed by atoms with Crippen molar-refractivity contribution in [3.63, 3.8) is 0 Å². The van der Waals surface area contributed by atoms with Crippen molar-refractivity contribution in [1.29, 1.82) is 5.26 Å². The van der Waals surface area contributed by atoms with Crippen LogP contribution in [0.15, 0.2) is 42.7 Å². The second-order valence-electron chi connectivity index (χ2n) is 10.3. The molecule has 2 aromatic heterocycles. The lowest BCUT2D eigenvalue weighted by Crippen LogP contribution is -2.55. The molecule has 3 aliphatic rings. The second kappa shape index (κ2) is 8.78. The molecule has 38 heavy (non-hydrogen) atoms. The summed E-state index contributed by atoms with van der Waals surface area (Å²) in [4.78, 5) is 22.7. The van der Waals surface area contributed by atoms with Crippen molar-refractivity contribution >= 4 is 45.5 Å². The topological polar surface area (TPSA) is 68.4 Å². The third-order valence-corrected chi connectivity index (χ3v) is 8.54. The van der Waals surface area contributed by atoms with E-state index in [1.165, 1.54) is 6.07 Å². The van der Waals surface area contributed by atoms with Gasteiger partial charge in [-0.3, -0.25) is 9.69 Å². The number of piperidine rings is 1. The van der Waals surface area contributed by atoms with E-state index in [-0.39, 0.29) is 16.7 Å². The molecule has 3 fully saturated rings. The molecule has 3 aromatic rings. The standard InChI is InChI=1S/C27H25F3N6OS/c1-33-10-6-18(7-11-33)34-12-5-17-13-19(3-4-23(17)34)36-25(38)35(24(37)26(36)8-2-9-26)20-14-21(27(28,29)30)22(15-31)32-16-20/h3-5,12-14,16,18H,2,6-11H2,1H3. The fourth-order valence-corrected chi connectivity index (χ4v) is 6.44. The third-order valence-electron chi connectivity index (χ3n) is 8.18. The van der Waals surface area contributed by atoms with Crippen LogP contribution in [0.3, 0.4) is 0 Å². The van der Waals surface area contributed by atoms with Gasteiger partial charge in [0.05, 0.1) is 17.4 Å². The van der Waals surface area contributed by atoms with Gasteiger partial charge in [0.1, 0.15) is 11.6 Å². The Morgan fingerprint density at radius 3 is 2.50 bits per heavy atom. The van der Waals surface area contributed by atoms with Gasteiger partial charge in [-0.15, -0.1) is 0 Å². The van der Waals surface area contributed by atoms with Gasteiger partial charge in [-0.05, 0) is 94.8 Å². The summed E-state index contributed by atoms with van der Waals surface area (Å²) in [6, 6.07) is 10.7. The van der Waals surface area contributed by atoms with Crippen molar-refractivity contribution in [3.05, 3.63) is 54.0 Å². The van der Waals surface area contributed by atoms with E-state index < -0.39 is 23.0 Å². The average Bonchev–Trinajstić information content (AvgIpc) is 3.39. The number of halogens is 3. The summed E-state index contributed by atoms with van der Waals surface area (Å²) in [7, 11) is 2.13. The SMILES string of the molecule is CN1CCC(n2ccc3cc(N4C(=S)N(c5cnc(C#N)c(C(F)(F)F)c5)C(=O)C45CCC5)ccc32)CC1. The Balaban J connectivity index is 1.38. The molecule has 6 rings (SSSR count). The third kappa shape index (κ3) is 3.69. The number of thiocarbonyl (C=S) groups is 1. The fraction of sp³-hybridized carbons (Fsp3) is 0.407. The number of hydrogen-bond acceptors (Lipinski definition) is 5. The number of amides is 1. The summed E-state index contributed by atoms with van der Waals surface area (Å²) in [6.07, 6.45) is 2.47. The molecule has 4 heterocycles. The van der Waals surface area contributed by atoms with Crippen LogP contribution in [0.5, 0.6) is 0 Å². The summed E-state index contributed by atoms with van der Waals surface area (Å²) < 4.78 is 43.2. The average molecular weight is 539 g/mol. The monoisotopic (exact) mass is 538 g/mol. The minimum atomic E-state index is -4.79. The van der Waals surface area contributed by atoms with Gasteiger partial charge < -0.3 is 14.4 Å². The molecule has 0 N–H and O–H groups in total. The number of anilines is 2. The molecule has 11 heteroatoms. The van der Waals surface area contributed by atoms with Crippen molar-refractivity contribution in [2.45, 2.75) is 49.9 Å². The van der Waals surface area contributed by atoms with Gasteiger partial charge >= 0.3 is 6.18 Å². The van der Waals surface area contributed by atoms with Gasteiger partial charge in [0.25, 0.3) is 5.91 Å². The Labute approximate surface area is 223 Å². The first-order valence-electron chi connectivity index (χ1n) is 12.6. The second-order valence-corrected chi connectivity index (χ2v) is 10.7. The van der Waals surface area contributed by atoms with Gasteiger partial charge in [0, 0.05) is 28.8 Å². The lowest BCUT2D eigenvalue weighted by molar-refractivity contribution is -0.138. The van der Waals surface area contributed by atoms with Crippen LogP contribution in [0.25, 0.3) is 10.9 Å². The number of fused-ring (bicyclic) bond motifs is 1. The van der Waals surface area contributed by atoms with E-state index in [4.69, 9.17) is 17.5 Å². The molecule has 2 saturated heterocycles. The maximum atomic E-state index is 13.7. The molecule has 0 atom stereocenters. The Hall–Kier alpha value is -3.49. The highest BCUT2D eigenvalue weighted by Crippen LogP contribution is 2.48. The van der Waals surface area contributed by atoms with E-state index in [9.17, 15) is 18.0 Å². The fourth-order valence-electron chi connectivity index (χ4n) is 5.97. The first-order chi connectivity index (χ1) is 18.1. The van der Waals surface area contributed by atoms with Crippen LogP contribution in [0.2, 0.25) is 0 Å². The Morgan fingerprint density at radius 2 is 1.87 bits per heavy atom.